The lowest BCUT2D eigenvalue weighted by Gasteiger charge is -2.04. The van der Waals surface area contributed by atoms with Crippen LogP contribution in [0.25, 0.3) is 11.0 Å². The summed E-state index contributed by atoms with van der Waals surface area (Å²) in [6.07, 6.45) is 4.13. The molecule has 0 fully saturated rings. The summed E-state index contributed by atoms with van der Waals surface area (Å²) in [6.45, 7) is 4.58. The van der Waals surface area contributed by atoms with E-state index in [0.29, 0.717) is 13.1 Å². The number of fused-ring (bicyclic) bond motifs is 1. The lowest BCUT2D eigenvalue weighted by Crippen LogP contribution is -2.36. The number of carbonyl (C=O) groups excluding carboxylic acids is 1. The molecule has 1 heterocycles. The van der Waals surface area contributed by atoms with E-state index in [-0.39, 0.29) is 6.03 Å². The summed E-state index contributed by atoms with van der Waals surface area (Å²) < 4.78 is 5.43. The van der Waals surface area contributed by atoms with Gasteiger partial charge in [-0.3, -0.25) is 0 Å². The van der Waals surface area contributed by atoms with Gasteiger partial charge >= 0.3 is 6.03 Å². The van der Waals surface area contributed by atoms with Gasteiger partial charge < -0.3 is 15.1 Å². The molecule has 94 valence electrons. The number of hydrogen-bond acceptors (Lipinski definition) is 2. The summed E-state index contributed by atoms with van der Waals surface area (Å²) in [5, 5.41) is 6.54. The molecule has 1 aromatic carbocycles. The molecule has 2 amide bonds. The predicted octanol–water partition coefficient (Wildman–Crippen LogP) is 2.46. The fraction of sp³-hybridized carbons (Fsp3) is 0.214. The molecule has 0 atom stereocenters. The summed E-state index contributed by atoms with van der Waals surface area (Å²) in [6, 6.07) is 7.69. The lowest BCUT2D eigenvalue weighted by atomic mass is 10.1. The monoisotopic (exact) mass is 244 g/mol. The number of amides is 2. The molecular formula is C14H16N2O2. The predicted molar refractivity (Wildman–Crippen MR) is 71.5 cm³/mol. The summed E-state index contributed by atoms with van der Waals surface area (Å²) in [5.41, 5.74) is 1.98. The van der Waals surface area contributed by atoms with Crippen LogP contribution in [-0.2, 0) is 6.42 Å². The van der Waals surface area contributed by atoms with E-state index in [2.05, 4.69) is 17.2 Å². The maximum absolute atomic E-state index is 11.3. The molecule has 2 aromatic rings. The first kappa shape index (κ1) is 12.2. The molecule has 0 aliphatic heterocycles. The molecule has 0 aliphatic rings. The third-order valence-corrected chi connectivity index (χ3v) is 2.65. The Morgan fingerprint density at radius 2 is 2.17 bits per heavy atom. The van der Waals surface area contributed by atoms with Crippen LogP contribution in [0.3, 0.4) is 0 Å². The second-order valence-corrected chi connectivity index (χ2v) is 3.93. The summed E-state index contributed by atoms with van der Waals surface area (Å²) in [7, 11) is 0. The minimum absolute atomic E-state index is 0.178. The molecule has 4 heteroatoms. The van der Waals surface area contributed by atoms with Crippen LogP contribution in [0.15, 0.2) is 47.6 Å². The molecule has 0 unspecified atom stereocenters. The molecule has 0 aliphatic carbocycles. The fourth-order valence-electron chi connectivity index (χ4n) is 1.76. The zero-order chi connectivity index (χ0) is 12.8. The van der Waals surface area contributed by atoms with E-state index in [1.165, 1.54) is 0 Å². The SMILES string of the molecule is C=CCNC(=O)NCCc1coc2ccccc12. The number of nitrogens with one attached hydrogen (secondary N) is 2. The first-order chi connectivity index (χ1) is 8.81. The maximum Gasteiger partial charge on any atom is 0.315 e. The number of furan rings is 1. The van der Waals surface area contributed by atoms with Gasteiger partial charge in [-0.25, -0.2) is 4.79 Å². The van der Waals surface area contributed by atoms with Gasteiger partial charge in [0.15, 0.2) is 0 Å². The van der Waals surface area contributed by atoms with Gasteiger partial charge in [0, 0.05) is 18.5 Å². The lowest BCUT2D eigenvalue weighted by molar-refractivity contribution is 0.242. The zero-order valence-electron chi connectivity index (χ0n) is 10.1. The molecule has 1 aromatic heterocycles. The van der Waals surface area contributed by atoms with Crippen LogP contribution < -0.4 is 10.6 Å². The quantitative estimate of drug-likeness (QED) is 0.794. The van der Waals surface area contributed by atoms with Crippen molar-refractivity contribution in [2.24, 2.45) is 0 Å². The number of rotatable bonds is 5. The second kappa shape index (κ2) is 5.91. The van der Waals surface area contributed by atoms with E-state index in [4.69, 9.17) is 4.42 Å². The molecule has 2 rings (SSSR count). The first-order valence-electron chi connectivity index (χ1n) is 5.89. The van der Waals surface area contributed by atoms with Crippen LogP contribution in [0, 0.1) is 0 Å². The topological polar surface area (TPSA) is 54.3 Å². The smallest absolute Gasteiger partial charge is 0.315 e. The largest absolute Gasteiger partial charge is 0.464 e. The Labute approximate surface area is 106 Å². The Bertz CT molecular complexity index is 545. The Kier molecular flexibility index (Phi) is 4.02. The van der Waals surface area contributed by atoms with E-state index in [1.807, 2.05) is 24.3 Å². The minimum Gasteiger partial charge on any atom is -0.464 e. The van der Waals surface area contributed by atoms with Crippen LogP contribution in [0.5, 0.6) is 0 Å². The molecule has 0 spiro atoms. The number of hydrogen-bond donors (Lipinski definition) is 2. The van der Waals surface area contributed by atoms with Crippen molar-refractivity contribution in [3.63, 3.8) is 0 Å². The van der Waals surface area contributed by atoms with Gasteiger partial charge in [0.1, 0.15) is 5.58 Å². The highest BCUT2D eigenvalue weighted by Crippen LogP contribution is 2.20. The highest BCUT2D eigenvalue weighted by Gasteiger charge is 2.05. The molecule has 18 heavy (non-hydrogen) atoms. The number of urea groups is 1. The van der Waals surface area contributed by atoms with Crippen LogP contribution >= 0.6 is 0 Å². The normalized spacial score (nSPS) is 10.2. The summed E-state index contributed by atoms with van der Waals surface area (Å²) in [5.74, 6) is 0. The van der Waals surface area contributed by atoms with E-state index < -0.39 is 0 Å². The molecule has 0 saturated heterocycles. The van der Waals surface area contributed by atoms with Gasteiger partial charge in [0.2, 0.25) is 0 Å². The Morgan fingerprint density at radius 1 is 1.33 bits per heavy atom. The summed E-state index contributed by atoms with van der Waals surface area (Å²) in [4.78, 5) is 11.3. The Morgan fingerprint density at radius 3 is 3.00 bits per heavy atom. The number of carbonyl (C=O) groups is 1. The third-order valence-electron chi connectivity index (χ3n) is 2.65. The van der Waals surface area contributed by atoms with Crippen LogP contribution in [0.2, 0.25) is 0 Å². The minimum atomic E-state index is -0.178. The molecule has 4 nitrogen and oxygen atoms in total. The number of benzene rings is 1. The number of para-hydroxylation sites is 1. The second-order valence-electron chi connectivity index (χ2n) is 3.93. The van der Waals surface area contributed by atoms with E-state index >= 15 is 0 Å². The van der Waals surface area contributed by atoms with Crippen molar-refractivity contribution in [3.8, 4) is 0 Å². The summed E-state index contributed by atoms with van der Waals surface area (Å²) >= 11 is 0. The molecular weight excluding hydrogens is 228 g/mol. The first-order valence-corrected chi connectivity index (χ1v) is 5.89. The average molecular weight is 244 g/mol. The third kappa shape index (κ3) is 2.91. The standard InChI is InChI=1S/C14H16N2O2/c1-2-8-15-14(17)16-9-7-11-10-18-13-6-4-3-5-12(11)13/h2-6,10H,1,7-9H2,(H2,15,16,17). The Balaban J connectivity index is 1.87. The van der Waals surface area contributed by atoms with Crippen molar-refractivity contribution in [2.75, 3.05) is 13.1 Å². The van der Waals surface area contributed by atoms with Crippen LogP contribution in [-0.4, -0.2) is 19.1 Å². The van der Waals surface area contributed by atoms with Gasteiger partial charge in [0.05, 0.1) is 6.26 Å². The molecule has 0 saturated carbocycles. The van der Waals surface area contributed by atoms with Gasteiger partial charge in [-0.1, -0.05) is 24.3 Å². The highest BCUT2D eigenvalue weighted by molar-refractivity contribution is 5.81. The molecule has 0 bridgehead atoms. The van der Waals surface area contributed by atoms with Gasteiger partial charge in [-0.15, -0.1) is 6.58 Å². The van der Waals surface area contributed by atoms with Crippen LogP contribution in [0.1, 0.15) is 5.56 Å². The van der Waals surface area contributed by atoms with Crippen molar-refractivity contribution in [3.05, 3.63) is 48.7 Å². The van der Waals surface area contributed by atoms with Crippen molar-refractivity contribution < 1.29 is 9.21 Å². The van der Waals surface area contributed by atoms with Crippen LogP contribution in [0.4, 0.5) is 4.79 Å². The average Bonchev–Trinajstić information content (AvgIpc) is 2.80. The van der Waals surface area contributed by atoms with Crippen molar-refractivity contribution in [1.29, 1.82) is 0 Å². The Hall–Kier alpha value is -2.23. The van der Waals surface area contributed by atoms with Gasteiger partial charge in [0.25, 0.3) is 0 Å². The maximum atomic E-state index is 11.3. The van der Waals surface area contributed by atoms with Crippen molar-refractivity contribution in [2.45, 2.75) is 6.42 Å². The van der Waals surface area contributed by atoms with Crippen molar-refractivity contribution >= 4 is 17.0 Å². The fourth-order valence-corrected chi connectivity index (χ4v) is 1.76. The molecule has 0 radical (unpaired) electrons. The van der Waals surface area contributed by atoms with Gasteiger partial charge in [-0.2, -0.15) is 0 Å². The zero-order valence-corrected chi connectivity index (χ0v) is 10.1. The van der Waals surface area contributed by atoms with Gasteiger partial charge in [-0.05, 0) is 18.1 Å². The highest BCUT2D eigenvalue weighted by atomic mass is 16.3. The van der Waals surface area contributed by atoms with Crippen molar-refractivity contribution in [1.82, 2.24) is 10.6 Å². The van der Waals surface area contributed by atoms with E-state index in [9.17, 15) is 4.79 Å². The van der Waals surface area contributed by atoms with E-state index in [1.54, 1.807) is 12.3 Å². The van der Waals surface area contributed by atoms with E-state index in [0.717, 1.165) is 23.0 Å². The molecule has 2 N–H and O–H groups in total.